The number of phenols is 1. The second-order valence-electron chi connectivity index (χ2n) is 5.24. The molecule has 1 heterocycles. The van der Waals surface area contributed by atoms with E-state index in [4.69, 9.17) is 16.3 Å². The lowest BCUT2D eigenvalue weighted by Crippen LogP contribution is -2.24. The molecule has 0 saturated carbocycles. The lowest BCUT2D eigenvalue weighted by Gasteiger charge is -2.07. The number of hydrogen-bond donors (Lipinski definition) is 2. The van der Waals surface area contributed by atoms with Crippen LogP contribution in [0.15, 0.2) is 58.2 Å². The normalized spacial score (nSPS) is 11.0. The van der Waals surface area contributed by atoms with Gasteiger partial charge in [0.1, 0.15) is 17.0 Å². The topological polar surface area (TPSA) is 83.8 Å². The van der Waals surface area contributed by atoms with Crippen molar-refractivity contribution in [1.29, 1.82) is 0 Å². The van der Waals surface area contributed by atoms with Crippen molar-refractivity contribution in [1.82, 2.24) is 10.4 Å². The van der Waals surface area contributed by atoms with Crippen LogP contribution >= 0.6 is 27.5 Å². The van der Waals surface area contributed by atoms with Crippen molar-refractivity contribution in [2.75, 3.05) is 6.61 Å². The minimum Gasteiger partial charge on any atom is -0.506 e. The van der Waals surface area contributed by atoms with Crippen molar-refractivity contribution in [3.63, 3.8) is 0 Å². The molecule has 0 unspecified atom stereocenters. The summed E-state index contributed by atoms with van der Waals surface area (Å²) in [5, 5.41) is 15.0. The molecule has 26 heavy (non-hydrogen) atoms. The average Bonchev–Trinajstić information content (AvgIpc) is 2.63. The van der Waals surface area contributed by atoms with Crippen molar-refractivity contribution in [3.8, 4) is 11.5 Å². The van der Waals surface area contributed by atoms with Gasteiger partial charge < -0.3 is 9.84 Å². The third kappa shape index (κ3) is 4.30. The van der Waals surface area contributed by atoms with Gasteiger partial charge in [-0.05, 0) is 40.2 Å². The maximum absolute atomic E-state index is 11.9. The smallest absolute Gasteiger partial charge is 0.277 e. The Balaban J connectivity index is 1.61. The first-order valence-electron chi connectivity index (χ1n) is 7.51. The van der Waals surface area contributed by atoms with Gasteiger partial charge in [0, 0.05) is 22.2 Å². The molecule has 2 N–H and O–H groups in total. The van der Waals surface area contributed by atoms with Gasteiger partial charge >= 0.3 is 0 Å². The van der Waals surface area contributed by atoms with Gasteiger partial charge in [-0.3, -0.25) is 9.78 Å². The number of pyridine rings is 1. The summed E-state index contributed by atoms with van der Waals surface area (Å²) in [5.74, 6) is 0.0406. The van der Waals surface area contributed by atoms with Crippen LogP contribution < -0.4 is 10.2 Å². The van der Waals surface area contributed by atoms with E-state index in [9.17, 15) is 9.90 Å². The van der Waals surface area contributed by atoms with Gasteiger partial charge in [0.05, 0.1) is 10.7 Å². The molecule has 3 aromatic rings. The Bertz CT molecular complexity index is 989. The highest BCUT2D eigenvalue weighted by Crippen LogP contribution is 2.30. The number of aromatic nitrogens is 1. The maximum atomic E-state index is 11.9. The molecular weight excluding hydrogens is 422 g/mol. The minimum absolute atomic E-state index is 0.0227. The summed E-state index contributed by atoms with van der Waals surface area (Å²) in [7, 11) is 0. The first-order valence-corrected chi connectivity index (χ1v) is 8.68. The van der Waals surface area contributed by atoms with Crippen molar-refractivity contribution < 1.29 is 14.6 Å². The number of amides is 1. The first kappa shape index (κ1) is 18.2. The molecule has 0 aliphatic heterocycles. The van der Waals surface area contributed by atoms with Crippen molar-refractivity contribution in [3.05, 3.63) is 63.7 Å². The average molecular weight is 435 g/mol. The molecule has 0 radical (unpaired) electrons. The van der Waals surface area contributed by atoms with Gasteiger partial charge in [0.15, 0.2) is 6.61 Å². The second kappa shape index (κ2) is 8.16. The van der Waals surface area contributed by atoms with Crippen molar-refractivity contribution in [2.24, 2.45) is 5.10 Å². The quantitative estimate of drug-likeness (QED) is 0.471. The predicted octanol–water partition coefficient (Wildman–Crippen LogP) is 3.89. The number of phenolic OH excluding ortho intramolecular Hbond substituents is 1. The Hall–Kier alpha value is -2.64. The predicted molar refractivity (Wildman–Crippen MR) is 104 cm³/mol. The number of fused-ring (bicyclic) bond motifs is 1. The number of ether oxygens (including phenoxy) is 1. The monoisotopic (exact) mass is 433 g/mol. The van der Waals surface area contributed by atoms with Crippen LogP contribution in [0.2, 0.25) is 5.02 Å². The van der Waals surface area contributed by atoms with Crippen LogP contribution in [0.5, 0.6) is 11.5 Å². The van der Waals surface area contributed by atoms with Gasteiger partial charge in [0.25, 0.3) is 5.91 Å². The summed E-state index contributed by atoms with van der Waals surface area (Å²) >= 11 is 9.09. The Morgan fingerprint density at radius 2 is 2.15 bits per heavy atom. The number of rotatable bonds is 5. The fraction of sp³-hybridized carbons (Fsp3) is 0.0556. The molecule has 3 rings (SSSR count). The Morgan fingerprint density at radius 1 is 1.35 bits per heavy atom. The van der Waals surface area contributed by atoms with Gasteiger partial charge in [0.2, 0.25) is 0 Å². The molecule has 1 amide bonds. The van der Waals surface area contributed by atoms with Crippen LogP contribution in [0.4, 0.5) is 0 Å². The van der Waals surface area contributed by atoms with Crippen LogP contribution in [0.25, 0.3) is 10.9 Å². The summed E-state index contributed by atoms with van der Waals surface area (Å²) in [6, 6.07) is 12.3. The van der Waals surface area contributed by atoms with E-state index in [1.54, 1.807) is 18.3 Å². The van der Waals surface area contributed by atoms with E-state index in [-0.39, 0.29) is 12.4 Å². The van der Waals surface area contributed by atoms with E-state index in [1.165, 1.54) is 12.3 Å². The van der Waals surface area contributed by atoms with E-state index in [2.05, 4.69) is 31.4 Å². The summed E-state index contributed by atoms with van der Waals surface area (Å²) in [4.78, 5) is 16.1. The lowest BCUT2D eigenvalue weighted by molar-refractivity contribution is -0.123. The van der Waals surface area contributed by atoms with Crippen LogP contribution in [0.1, 0.15) is 5.56 Å². The molecule has 0 atom stereocenters. The minimum atomic E-state index is -0.449. The van der Waals surface area contributed by atoms with Gasteiger partial charge in [-0.15, -0.1) is 0 Å². The summed E-state index contributed by atoms with van der Waals surface area (Å²) < 4.78 is 5.95. The molecule has 0 fully saturated rings. The first-order chi connectivity index (χ1) is 12.5. The highest BCUT2D eigenvalue weighted by atomic mass is 79.9. The number of hydrazone groups is 1. The maximum Gasteiger partial charge on any atom is 0.277 e. The molecule has 0 aliphatic rings. The second-order valence-corrected chi connectivity index (χ2v) is 6.53. The zero-order valence-corrected chi connectivity index (χ0v) is 15.7. The molecule has 0 bridgehead atoms. The number of halogens is 2. The molecular formula is C18H13BrClN3O3. The number of carbonyl (C=O) groups is 1. The highest BCUT2D eigenvalue weighted by molar-refractivity contribution is 9.10. The molecule has 0 spiro atoms. The van der Waals surface area contributed by atoms with Crippen molar-refractivity contribution in [2.45, 2.75) is 0 Å². The highest BCUT2D eigenvalue weighted by Gasteiger charge is 2.07. The number of hydrogen-bond acceptors (Lipinski definition) is 5. The van der Waals surface area contributed by atoms with Gasteiger partial charge in [-0.2, -0.15) is 5.10 Å². The molecule has 1 aromatic heterocycles. The number of aromatic hydroxyl groups is 1. The van der Waals surface area contributed by atoms with Crippen LogP contribution in [0, 0.1) is 0 Å². The number of nitrogens with one attached hydrogen (secondary N) is 1. The number of carbonyl (C=O) groups excluding carboxylic acids is 1. The van der Waals surface area contributed by atoms with E-state index in [1.807, 2.05) is 24.3 Å². The Labute approximate surface area is 162 Å². The molecule has 6 nitrogen and oxygen atoms in total. The zero-order chi connectivity index (χ0) is 18.5. The molecule has 132 valence electrons. The van der Waals surface area contributed by atoms with Crippen LogP contribution in [-0.4, -0.2) is 28.8 Å². The third-order valence-corrected chi connectivity index (χ3v) is 4.23. The molecule has 0 saturated heterocycles. The Morgan fingerprint density at radius 3 is 3.00 bits per heavy atom. The lowest BCUT2D eigenvalue weighted by atomic mass is 10.2. The standard InChI is InChI=1S/C18H13BrClN3O3/c19-14-8-13(20)7-12(18(14)25)9-22-23-16(24)10-26-15-5-1-3-11-4-2-6-21-17(11)15/h1-9,25H,10H2,(H,23,24)/b22-9+. The van der Waals surface area contributed by atoms with E-state index < -0.39 is 5.91 Å². The fourth-order valence-corrected chi connectivity index (χ4v) is 3.06. The number of para-hydroxylation sites is 1. The van der Waals surface area contributed by atoms with Gasteiger partial charge in [-0.25, -0.2) is 5.43 Å². The molecule has 2 aromatic carbocycles. The zero-order valence-electron chi connectivity index (χ0n) is 13.3. The van der Waals surface area contributed by atoms with Crippen molar-refractivity contribution >= 4 is 50.6 Å². The molecule has 0 aliphatic carbocycles. The van der Waals surface area contributed by atoms with Crippen LogP contribution in [-0.2, 0) is 4.79 Å². The van der Waals surface area contributed by atoms with E-state index in [0.717, 1.165) is 5.39 Å². The third-order valence-electron chi connectivity index (χ3n) is 3.41. The summed E-state index contributed by atoms with van der Waals surface area (Å²) in [6.07, 6.45) is 2.96. The summed E-state index contributed by atoms with van der Waals surface area (Å²) in [5.41, 5.74) is 3.38. The summed E-state index contributed by atoms with van der Waals surface area (Å²) in [6.45, 7) is -0.224. The molecule has 8 heteroatoms. The fourth-order valence-electron chi connectivity index (χ4n) is 2.23. The van der Waals surface area contributed by atoms with Gasteiger partial charge in [-0.1, -0.05) is 29.8 Å². The SMILES string of the molecule is O=C(COc1cccc2cccnc12)N/N=C/c1cc(Cl)cc(Br)c1O. The number of nitrogens with zero attached hydrogens (tertiary/aromatic N) is 2. The Kier molecular flexibility index (Phi) is 5.70. The van der Waals surface area contributed by atoms with Crippen LogP contribution in [0.3, 0.4) is 0 Å². The number of benzene rings is 2. The van der Waals surface area contributed by atoms with E-state index in [0.29, 0.717) is 26.3 Å². The largest absolute Gasteiger partial charge is 0.506 e. The van der Waals surface area contributed by atoms with E-state index >= 15 is 0 Å².